The number of likely N-dealkylation sites (N-methyl/N-ethyl adjacent to an activating group) is 1. The van der Waals surface area contributed by atoms with E-state index in [-0.39, 0.29) is 31.2 Å². The van der Waals surface area contributed by atoms with Crippen LogP contribution in [0.15, 0.2) is 48.9 Å². The molecule has 4 rings (SSSR count). The van der Waals surface area contributed by atoms with Crippen LogP contribution in [0.4, 0.5) is 13.2 Å². The Morgan fingerprint density at radius 3 is 2.72 bits per heavy atom. The van der Waals surface area contributed by atoms with E-state index in [1.54, 1.807) is 25.4 Å². The third kappa shape index (κ3) is 4.62. The van der Waals surface area contributed by atoms with Gasteiger partial charge in [0.1, 0.15) is 0 Å². The van der Waals surface area contributed by atoms with Gasteiger partial charge >= 0.3 is 6.18 Å². The number of aromatic amines is 1. The molecule has 1 saturated carbocycles. The van der Waals surface area contributed by atoms with Crippen LogP contribution < -0.4 is 10.6 Å². The van der Waals surface area contributed by atoms with Crippen LogP contribution in [0.2, 0.25) is 0 Å². The molecule has 3 N–H and O–H groups in total. The van der Waals surface area contributed by atoms with Crippen LogP contribution in [0.25, 0.3) is 10.9 Å². The van der Waals surface area contributed by atoms with Gasteiger partial charge in [-0.25, -0.2) is 0 Å². The molecule has 1 aromatic carbocycles. The molecular formula is C23H26F3N5O. The highest BCUT2D eigenvalue weighted by Crippen LogP contribution is 2.66. The van der Waals surface area contributed by atoms with E-state index in [2.05, 4.69) is 25.8 Å². The number of hydrogen-bond acceptors (Lipinski definition) is 4. The number of hydrogen-bond donors (Lipinski definition) is 3. The number of rotatable bonds is 9. The molecule has 1 fully saturated rings. The second kappa shape index (κ2) is 8.90. The number of carbonyl (C=O) groups excluding carboxylic acids is 1. The van der Waals surface area contributed by atoms with Crippen molar-refractivity contribution in [2.45, 2.75) is 43.8 Å². The van der Waals surface area contributed by atoms with Gasteiger partial charge < -0.3 is 10.6 Å². The van der Waals surface area contributed by atoms with Gasteiger partial charge in [0, 0.05) is 42.7 Å². The highest BCUT2D eigenvalue weighted by Gasteiger charge is 2.67. The first-order valence-electron chi connectivity index (χ1n) is 10.6. The largest absolute Gasteiger partial charge is 0.395 e. The van der Waals surface area contributed by atoms with Gasteiger partial charge in [-0.3, -0.25) is 14.9 Å². The van der Waals surface area contributed by atoms with Crippen molar-refractivity contribution in [1.29, 1.82) is 0 Å². The minimum atomic E-state index is -4.35. The van der Waals surface area contributed by atoms with Gasteiger partial charge in [-0.15, -0.1) is 0 Å². The normalized spacial score (nSPS) is 17.1. The van der Waals surface area contributed by atoms with Gasteiger partial charge in [0.05, 0.1) is 17.1 Å². The molecule has 1 aliphatic carbocycles. The van der Waals surface area contributed by atoms with E-state index in [1.807, 2.05) is 18.2 Å². The lowest BCUT2D eigenvalue weighted by Crippen LogP contribution is -2.42. The maximum atomic E-state index is 13.8. The molecule has 0 radical (unpaired) electrons. The fourth-order valence-electron chi connectivity index (χ4n) is 4.35. The number of nitrogens with one attached hydrogen (secondary N) is 3. The van der Waals surface area contributed by atoms with E-state index in [1.165, 1.54) is 12.4 Å². The van der Waals surface area contributed by atoms with Gasteiger partial charge in [-0.2, -0.15) is 18.3 Å². The zero-order valence-electron chi connectivity index (χ0n) is 17.7. The Hall–Kier alpha value is -2.94. The second-order valence-electron chi connectivity index (χ2n) is 8.48. The average Bonchev–Trinajstić information content (AvgIpc) is 3.47. The van der Waals surface area contributed by atoms with Crippen molar-refractivity contribution in [3.05, 3.63) is 60.0 Å². The van der Waals surface area contributed by atoms with Crippen molar-refractivity contribution in [2.24, 2.45) is 5.41 Å². The fraction of sp³-hybridized carbons (Fsp3) is 0.435. The number of pyridine rings is 1. The summed E-state index contributed by atoms with van der Waals surface area (Å²) in [4.78, 5) is 16.7. The number of fused-ring (bicyclic) bond motifs is 1. The summed E-state index contributed by atoms with van der Waals surface area (Å²) >= 11 is 0. The van der Waals surface area contributed by atoms with E-state index in [0.29, 0.717) is 18.5 Å². The highest BCUT2D eigenvalue weighted by molar-refractivity contribution is 5.78. The van der Waals surface area contributed by atoms with E-state index >= 15 is 0 Å². The lowest BCUT2D eigenvalue weighted by Gasteiger charge is -2.29. The Balaban J connectivity index is 1.40. The number of carbonyl (C=O) groups is 1. The van der Waals surface area contributed by atoms with Gasteiger partial charge in [0.25, 0.3) is 0 Å². The summed E-state index contributed by atoms with van der Waals surface area (Å²) in [5.74, 6) is -1.33. The first-order chi connectivity index (χ1) is 15.3. The monoisotopic (exact) mass is 445 g/mol. The summed E-state index contributed by atoms with van der Waals surface area (Å²) in [5.41, 5.74) is 0.643. The number of alkyl halides is 3. The standard InChI is InChI=1S/C23H26F3N5O/c1-27-18(10-15-4-5-20-17(9-15)13-30-31-20)14-29-21(32)11-19(16-3-2-8-28-12-16)22(6-7-22)23(24,25)26/h2-5,8-9,12-13,18-19,27H,6-7,10-11,14H2,1H3,(H,29,32)(H,30,31). The predicted octanol–water partition coefficient (Wildman–Crippen LogP) is 3.72. The average molecular weight is 445 g/mol. The Kier molecular flexibility index (Phi) is 6.19. The zero-order chi connectivity index (χ0) is 22.8. The molecule has 2 atom stereocenters. The predicted molar refractivity (Wildman–Crippen MR) is 115 cm³/mol. The molecule has 0 saturated heterocycles. The quantitative estimate of drug-likeness (QED) is 0.469. The van der Waals surface area contributed by atoms with Crippen LogP contribution in [0.5, 0.6) is 0 Å². The molecule has 2 aromatic heterocycles. The summed E-state index contributed by atoms with van der Waals surface area (Å²) in [6, 6.07) is 9.15. The third-order valence-corrected chi connectivity index (χ3v) is 6.44. The first kappa shape index (κ1) is 22.3. The van der Waals surface area contributed by atoms with E-state index in [4.69, 9.17) is 0 Å². The maximum absolute atomic E-state index is 13.8. The van der Waals surface area contributed by atoms with Gasteiger partial charge in [-0.1, -0.05) is 12.1 Å². The maximum Gasteiger partial charge on any atom is 0.395 e. The van der Waals surface area contributed by atoms with Crippen LogP contribution in [0, 0.1) is 5.41 Å². The number of H-pyrrole nitrogens is 1. The zero-order valence-corrected chi connectivity index (χ0v) is 17.7. The summed E-state index contributed by atoms with van der Waals surface area (Å²) < 4.78 is 41.4. The van der Waals surface area contributed by atoms with Crippen molar-refractivity contribution in [2.75, 3.05) is 13.6 Å². The summed E-state index contributed by atoms with van der Waals surface area (Å²) in [6.45, 7) is 0.317. The Bertz CT molecular complexity index is 1060. The molecule has 1 amide bonds. The molecule has 2 heterocycles. The number of aromatic nitrogens is 3. The van der Waals surface area contributed by atoms with E-state index in [0.717, 1.165) is 16.5 Å². The summed E-state index contributed by atoms with van der Waals surface area (Å²) in [7, 11) is 1.80. The molecule has 0 bridgehead atoms. The van der Waals surface area contributed by atoms with Crippen molar-refractivity contribution < 1.29 is 18.0 Å². The van der Waals surface area contributed by atoms with Crippen LogP contribution in [-0.2, 0) is 11.2 Å². The lowest BCUT2D eigenvalue weighted by atomic mass is 9.80. The molecular weight excluding hydrogens is 419 g/mol. The second-order valence-corrected chi connectivity index (χ2v) is 8.48. The van der Waals surface area contributed by atoms with Gasteiger partial charge in [0.2, 0.25) is 5.91 Å². The number of benzene rings is 1. The Morgan fingerprint density at radius 1 is 1.25 bits per heavy atom. The number of nitrogens with zero attached hydrogens (tertiary/aromatic N) is 2. The minimum absolute atomic E-state index is 0.0406. The van der Waals surface area contributed by atoms with Crippen LogP contribution >= 0.6 is 0 Å². The topological polar surface area (TPSA) is 82.7 Å². The first-order valence-corrected chi connectivity index (χ1v) is 10.6. The molecule has 3 aromatic rings. The molecule has 170 valence electrons. The van der Waals surface area contributed by atoms with E-state index < -0.39 is 17.5 Å². The van der Waals surface area contributed by atoms with E-state index in [9.17, 15) is 18.0 Å². The van der Waals surface area contributed by atoms with Crippen molar-refractivity contribution in [1.82, 2.24) is 25.8 Å². The van der Waals surface area contributed by atoms with Crippen molar-refractivity contribution in [3.63, 3.8) is 0 Å². The van der Waals surface area contributed by atoms with Crippen LogP contribution in [0.3, 0.4) is 0 Å². The molecule has 9 heteroatoms. The SMILES string of the molecule is CNC(CNC(=O)CC(c1cccnc1)C1(C(F)(F)F)CC1)Cc1ccc2[nH]ncc2c1. The highest BCUT2D eigenvalue weighted by atomic mass is 19.4. The fourth-order valence-corrected chi connectivity index (χ4v) is 4.35. The Morgan fingerprint density at radius 2 is 2.06 bits per heavy atom. The third-order valence-electron chi connectivity index (χ3n) is 6.44. The smallest absolute Gasteiger partial charge is 0.355 e. The summed E-state index contributed by atoms with van der Waals surface area (Å²) in [5, 5.41) is 13.9. The van der Waals surface area contributed by atoms with Gasteiger partial charge in [0.15, 0.2) is 0 Å². The van der Waals surface area contributed by atoms with Crippen LogP contribution in [-0.4, -0.2) is 46.9 Å². The molecule has 6 nitrogen and oxygen atoms in total. The molecule has 0 aliphatic heterocycles. The Labute approximate surface area is 184 Å². The molecule has 32 heavy (non-hydrogen) atoms. The minimum Gasteiger partial charge on any atom is -0.355 e. The van der Waals surface area contributed by atoms with Crippen LogP contribution in [0.1, 0.15) is 36.3 Å². The molecule has 2 unspecified atom stereocenters. The molecule has 1 aliphatic rings. The lowest BCUT2D eigenvalue weighted by molar-refractivity contribution is -0.194. The van der Waals surface area contributed by atoms with Crippen molar-refractivity contribution >= 4 is 16.8 Å². The molecule has 0 spiro atoms. The summed E-state index contributed by atoms with van der Waals surface area (Å²) in [6.07, 6.45) is 0.879. The number of amides is 1. The van der Waals surface area contributed by atoms with Gasteiger partial charge in [-0.05, 0) is 55.6 Å². The number of halogens is 3. The van der Waals surface area contributed by atoms with Crippen molar-refractivity contribution in [3.8, 4) is 0 Å².